The molecule has 45 heavy (non-hydrogen) atoms. The topological polar surface area (TPSA) is 91.2 Å². The maximum Gasteiger partial charge on any atom is 0.222 e. The van der Waals surface area contributed by atoms with Crippen LogP contribution in [0.2, 0.25) is 5.02 Å². The molecule has 1 amide bonds. The predicted octanol–water partition coefficient (Wildman–Crippen LogP) is 3.65. The standard InChI is InChI=1S/C33H49ClN6O4S/c1-45(42,43)38-19-12-31-29(25-38)33(27-8-9-30(34)26(24-27)6-2-3-13-37-20-22-44-23-21-37)35-40(31)16-5-14-36-17-10-28(11-18-36)39-15-4-7-32(39)41/h8-9,24,28H,2-7,10-23,25H2,1H3. The van der Waals surface area contributed by atoms with Crippen molar-refractivity contribution in [1.82, 2.24) is 28.8 Å². The number of hydrogen-bond acceptors (Lipinski definition) is 7. The number of carbonyl (C=O) groups is 1. The molecule has 0 unspecified atom stereocenters. The van der Waals surface area contributed by atoms with Gasteiger partial charge in [-0.3, -0.25) is 14.4 Å². The zero-order valence-electron chi connectivity index (χ0n) is 26.8. The fourth-order valence-corrected chi connectivity index (χ4v) is 8.51. The van der Waals surface area contributed by atoms with Crippen LogP contribution >= 0.6 is 11.6 Å². The Morgan fingerprint density at radius 1 is 0.933 bits per heavy atom. The molecule has 1 aromatic heterocycles. The van der Waals surface area contributed by atoms with Gasteiger partial charge in [0, 0.05) is 93.1 Å². The van der Waals surface area contributed by atoms with E-state index in [1.54, 1.807) is 4.31 Å². The summed E-state index contributed by atoms with van der Waals surface area (Å²) in [5.41, 5.74) is 5.17. The molecule has 0 aliphatic carbocycles. The minimum atomic E-state index is -3.31. The van der Waals surface area contributed by atoms with E-state index in [4.69, 9.17) is 21.4 Å². The van der Waals surface area contributed by atoms with Gasteiger partial charge in [0.1, 0.15) is 0 Å². The van der Waals surface area contributed by atoms with Gasteiger partial charge in [-0.2, -0.15) is 9.40 Å². The van der Waals surface area contributed by atoms with E-state index in [1.165, 1.54) is 6.26 Å². The third-order valence-corrected chi connectivity index (χ3v) is 11.7. The molecule has 2 aromatic rings. The van der Waals surface area contributed by atoms with Crippen LogP contribution in [0.3, 0.4) is 0 Å². The highest BCUT2D eigenvalue weighted by atomic mass is 35.5. The van der Waals surface area contributed by atoms with Crippen LogP contribution in [0.1, 0.15) is 61.8 Å². The average Bonchev–Trinajstić information content (AvgIpc) is 3.63. The zero-order chi connectivity index (χ0) is 31.4. The van der Waals surface area contributed by atoms with Crippen LogP contribution in [0, 0.1) is 0 Å². The Morgan fingerprint density at radius 3 is 2.42 bits per heavy atom. The first kappa shape index (κ1) is 32.9. The van der Waals surface area contributed by atoms with Crippen LogP contribution in [0.4, 0.5) is 0 Å². The second-order valence-corrected chi connectivity index (χ2v) is 15.6. The molecule has 4 aliphatic heterocycles. The number of carbonyl (C=O) groups excluding carboxylic acids is 1. The van der Waals surface area contributed by atoms with Crippen LogP contribution in [-0.2, 0) is 45.5 Å². The van der Waals surface area contributed by atoms with Crippen LogP contribution in [0.5, 0.6) is 0 Å². The molecule has 4 aliphatic rings. The van der Waals surface area contributed by atoms with Gasteiger partial charge < -0.3 is 14.5 Å². The molecule has 5 heterocycles. The molecule has 0 spiro atoms. The number of benzene rings is 1. The second kappa shape index (κ2) is 14.8. The highest BCUT2D eigenvalue weighted by Crippen LogP contribution is 2.33. The summed E-state index contributed by atoms with van der Waals surface area (Å²) in [5, 5.41) is 5.91. The number of unbranched alkanes of at least 4 members (excludes halogenated alkanes) is 1. The fourth-order valence-electron chi connectivity index (χ4n) is 7.51. The molecule has 12 heteroatoms. The van der Waals surface area contributed by atoms with Gasteiger partial charge in [-0.05, 0) is 75.7 Å². The van der Waals surface area contributed by atoms with Gasteiger partial charge in [0.15, 0.2) is 0 Å². The SMILES string of the molecule is CS(=O)(=O)N1CCc2c(c(-c3ccc(Cl)c(CCCCN4CCOCC4)c3)nn2CCCN2CCC(N3CCCC3=O)CC2)C1. The molecule has 10 nitrogen and oxygen atoms in total. The van der Waals surface area contributed by atoms with E-state index in [-0.39, 0.29) is 0 Å². The molecular weight excluding hydrogens is 612 g/mol. The predicted molar refractivity (Wildman–Crippen MR) is 177 cm³/mol. The average molecular weight is 661 g/mol. The van der Waals surface area contributed by atoms with Crippen molar-refractivity contribution in [2.45, 2.75) is 76.9 Å². The lowest BCUT2D eigenvalue weighted by Gasteiger charge is -2.36. The summed E-state index contributed by atoms with van der Waals surface area (Å²) >= 11 is 6.67. The lowest BCUT2D eigenvalue weighted by molar-refractivity contribution is -0.130. The molecule has 3 saturated heterocycles. The number of morpholine rings is 1. The molecule has 6 rings (SSSR count). The summed E-state index contributed by atoms with van der Waals surface area (Å²) in [6, 6.07) is 6.57. The van der Waals surface area contributed by atoms with Crippen molar-refractivity contribution >= 4 is 27.5 Å². The summed E-state index contributed by atoms with van der Waals surface area (Å²) < 4.78 is 34.2. The van der Waals surface area contributed by atoms with Gasteiger partial charge in [-0.25, -0.2) is 8.42 Å². The molecule has 0 bridgehead atoms. The lowest BCUT2D eigenvalue weighted by Crippen LogP contribution is -2.45. The molecule has 3 fully saturated rings. The van der Waals surface area contributed by atoms with Crippen molar-refractivity contribution in [2.75, 3.05) is 71.8 Å². The Morgan fingerprint density at radius 2 is 1.69 bits per heavy atom. The van der Waals surface area contributed by atoms with Crippen molar-refractivity contribution in [3.8, 4) is 11.3 Å². The highest BCUT2D eigenvalue weighted by Gasteiger charge is 2.32. The Bertz CT molecular complexity index is 1430. The number of piperidine rings is 1. The normalized spacial score (nSPS) is 21.1. The first-order chi connectivity index (χ1) is 21.8. The molecule has 248 valence electrons. The number of halogens is 1. The number of sulfonamides is 1. The number of hydrogen-bond donors (Lipinski definition) is 0. The molecule has 0 atom stereocenters. The van der Waals surface area contributed by atoms with Crippen molar-refractivity contribution < 1.29 is 17.9 Å². The largest absolute Gasteiger partial charge is 0.379 e. The number of ether oxygens (including phenoxy) is 1. The maximum absolute atomic E-state index is 12.5. The third kappa shape index (κ3) is 8.11. The van der Waals surface area contributed by atoms with Crippen LogP contribution < -0.4 is 0 Å². The minimum absolute atomic E-state index is 0.332. The number of aryl methyl sites for hydroxylation is 2. The first-order valence-corrected chi connectivity index (χ1v) is 19.1. The summed E-state index contributed by atoms with van der Waals surface area (Å²) in [5.74, 6) is 0.332. The van der Waals surface area contributed by atoms with E-state index in [0.717, 1.165) is 144 Å². The number of aromatic nitrogens is 2. The number of likely N-dealkylation sites (tertiary alicyclic amines) is 2. The quantitative estimate of drug-likeness (QED) is 0.321. The summed E-state index contributed by atoms with van der Waals surface area (Å²) in [4.78, 5) is 19.3. The smallest absolute Gasteiger partial charge is 0.222 e. The van der Waals surface area contributed by atoms with Crippen LogP contribution in [-0.4, -0.2) is 121 Å². The van der Waals surface area contributed by atoms with E-state index in [9.17, 15) is 13.2 Å². The molecule has 0 saturated carbocycles. The number of fused-ring (bicyclic) bond motifs is 1. The molecule has 1 aromatic carbocycles. The van der Waals surface area contributed by atoms with Crippen molar-refractivity contribution in [3.05, 3.63) is 40.0 Å². The minimum Gasteiger partial charge on any atom is -0.379 e. The van der Waals surface area contributed by atoms with E-state index in [0.29, 0.717) is 37.9 Å². The van der Waals surface area contributed by atoms with Crippen molar-refractivity contribution in [2.24, 2.45) is 0 Å². The van der Waals surface area contributed by atoms with Gasteiger partial charge >= 0.3 is 0 Å². The summed E-state index contributed by atoms with van der Waals surface area (Å²) in [6.45, 7) is 10.3. The fraction of sp³-hybridized carbons (Fsp3) is 0.697. The molecule has 0 N–H and O–H groups in total. The van der Waals surface area contributed by atoms with Gasteiger partial charge in [-0.1, -0.05) is 17.7 Å². The van der Waals surface area contributed by atoms with Gasteiger partial charge in [0.2, 0.25) is 15.9 Å². The Balaban J connectivity index is 1.11. The zero-order valence-corrected chi connectivity index (χ0v) is 28.3. The summed E-state index contributed by atoms with van der Waals surface area (Å²) in [7, 11) is -3.31. The van der Waals surface area contributed by atoms with E-state index < -0.39 is 10.0 Å². The first-order valence-electron chi connectivity index (χ1n) is 16.9. The van der Waals surface area contributed by atoms with Gasteiger partial charge in [0.05, 0.1) is 25.2 Å². The Hall–Kier alpha value is -2.02. The number of amides is 1. The second-order valence-electron chi connectivity index (χ2n) is 13.2. The molecular formula is C33H49ClN6O4S. The van der Waals surface area contributed by atoms with Crippen molar-refractivity contribution in [3.63, 3.8) is 0 Å². The van der Waals surface area contributed by atoms with Crippen LogP contribution in [0.15, 0.2) is 18.2 Å². The molecule has 0 radical (unpaired) electrons. The van der Waals surface area contributed by atoms with Gasteiger partial charge in [-0.15, -0.1) is 0 Å². The number of rotatable bonds is 12. The monoisotopic (exact) mass is 660 g/mol. The van der Waals surface area contributed by atoms with Crippen molar-refractivity contribution in [1.29, 1.82) is 0 Å². The third-order valence-electron chi connectivity index (χ3n) is 10.1. The number of nitrogens with zero attached hydrogens (tertiary/aromatic N) is 6. The lowest BCUT2D eigenvalue weighted by atomic mass is 9.99. The van der Waals surface area contributed by atoms with E-state index >= 15 is 0 Å². The van der Waals surface area contributed by atoms with Gasteiger partial charge in [0.25, 0.3) is 0 Å². The Kier molecular flexibility index (Phi) is 10.8. The Labute approximate surface area is 273 Å². The highest BCUT2D eigenvalue weighted by molar-refractivity contribution is 7.88. The van der Waals surface area contributed by atoms with E-state index in [1.807, 2.05) is 12.1 Å². The van der Waals surface area contributed by atoms with E-state index in [2.05, 4.69) is 25.4 Å². The van der Waals surface area contributed by atoms with Crippen LogP contribution in [0.25, 0.3) is 11.3 Å². The maximum atomic E-state index is 12.5. The summed E-state index contributed by atoms with van der Waals surface area (Å²) in [6.07, 6.45) is 9.83.